The summed E-state index contributed by atoms with van der Waals surface area (Å²) < 4.78 is 32.8. The third-order valence-electron chi connectivity index (χ3n) is 4.23. The first-order chi connectivity index (χ1) is 13.2. The summed E-state index contributed by atoms with van der Waals surface area (Å²) in [6.45, 7) is 5.34. The maximum absolute atomic E-state index is 13.3. The van der Waals surface area contributed by atoms with Gasteiger partial charge in [0.05, 0.1) is 17.2 Å². The Morgan fingerprint density at radius 2 is 1.82 bits per heavy atom. The Balaban J connectivity index is 2.45. The molecule has 0 fully saturated rings. The molecule has 0 bridgehead atoms. The Bertz CT molecular complexity index is 930. The van der Waals surface area contributed by atoms with Gasteiger partial charge < -0.3 is 10.1 Å². The van der Waals surface area contributed by atoms with Gasteiger partial charge in [-0.3, -0.25) is 9.10 Å². The highest BCUT2D eigenvalue weighted by atomic mass is 35.5. The number of anilines is 1. The molecular weight excluding hydrogens is 400 g/mol. The molecule has 6 nitrogen and oxygen atoms in total. The molecule has 152 valence electrons. The highest BCUT2D eigenvalue weighted by molar-refractivity contribution is 7.92. The smallest absolute Gasteiger partial charge is 0.264 e. The molecule has 1 N–H and O–H groups in total. The lowest BCUT2D eigenvalue weighted by Crippen LogP contribution is -2.45. The van der Waals surface area contributed by atoms with E-state index in [-0.39, 0.29) is 17.5 Å². The van der Waals surface area contributed by atoms with Crippen LogP contribution in [0, 0.1) is 13.8 Å². The molecule has 0 spiro atoms. The summed E-state index contributed by atoms with van der Waals surface area (Å²) in [4.78, 5) is 12.6. The molecule has 0 saturated carbocycles. The average molecular weight is 425 g/mol. The van der Waals surface area contributed by atoms with Crippen LogP contribution in [0.1, 0.15) is 18.1 Å². The second kappa shape index (κ2) is 9.41. The van der Waals surface area contributed by atoms with Gasteiger partial charge in [-0.15, -0.1) is 0 Å². The summed E-state index contributed by atoms with van der Waals surface area (Å²) in [5.74, 6) is -0.431. The Labute approximate surface area is 171 Å². The number of carbonyl (C=O) groups excluding carboxylic acids is 1. The first-order valence-corrected chi connectivity index (χ1v) is 10.6. The number of amides is 1. The van der Waals surface area contributed by atoms with Gasteiger partial charge in [0.25, 0.3) is 10.0 Å². The number of nitrogens with zero attached hydrogens (tertiary/aromatic N) is 1. The van der Waals surface area contributed by atoms with Gasteiger partial charge >= 0.3 is 0 Å². The monoisotopic (exact) mass is 424 g/mol. The minimum atomic E-state index is -3.97. The number of hydrogen-bond acceptors (Lipinski definition) is 4. The highest BCUT2D eigenvalue weighted by Gasteiger charge is 2.29. The second-order valence-corrected chi connectivity index (χ2v) is 8.90. The Morgan fingerprint density at radius 3 is 2.43 bits per heavy atom. The minimum Gasteiger partial charge on any atom is -0.383 e. The maximum atomic E-state index is 13.3. The fourth-order valence-corrected chi connectivity index (χ4v) is 4.39. The largest absolute Gasteiger partial charge is 0.383 e. The zero-order valence-corrected chi connectivity index (χ0v) is 18.0. The van der Waals surface area contributed by atoms with Crippen molar-refractivity contribution >= 4 is 33.2 Å². The van der Waals surface area contributed by atoms with Gasteiger partial charge in [0.1, 0.15) is 6.54 Å². The lowest BCUT2D eigenvalue weighted by atomic mass is 10.2. The van der Waals surface area contributed by atoms with Crippen LogP contribution in [0.3, 0.4) is 0 Å². The van der Waals surface area contributed by atoms with Crippen molar-refractivity contribution < 1.29 is 17.9 Å². The van der Waals surface area contributed by atoms with Gasteiger partial charge in [-0.05, 0) is 50.6 Å². The van der Waals surface area contributed by atoms with E-state index in [1.165, 1.54) is 19.2 Å². The number of aryl methyl sites for hydroxylation is 1. The van der Waals surface area contributed by atoms with Crippen molar-refractivity contribution in [1.29, 1.82) is 0 Å². The standard InChI is InChI=1S/C20H25ClN2O4S/c1-14-8-10-17(11-9-14)28(25,26)23(12-20(24)22-15(2)13-27-4)19-7-5-6-18(21)16(19)3/h5-11,15H,12-13H2,1-4H3,(H,22,24)/t15-/m0/s1. The minimum absolute atomic E-state index is 0.107. The molecule has 1 amide bonds. The van der Waals surface area contributed by atoms with E-state index in [2.05, 4.69) is 5.32 Å². The Morgan fingerprint density at radius 1 is 1.18 bits per heavy atom. The van der Waals surface area contributed by atoms with Gasteiger partial charge in [0, 0.05) is 18.2 Å². The molecule has 8 heteroatoms. The van der Waals surface area contributed by atoms with Crippen LogP contribution in [0.2, 0.25) is 5.02 Å². The van der Waals surface area contributed by atoms with Crippen LogP contribution < -0.4 is 9.62 Å². The van der Waals surface area contributed by atoms with Crippen LogP contribution in [0.25, 0.3) is 0 Å². The molecule has 0 aromatic heterocycles. The van der Waals surface area contributed by atoms with E-state index in [1.54, 1.807) is 44.2 Å². The van der Waals surface area contributed by atoms with Crippen LogP contribution in [0.4, 0.5) is 5.69 Å². The van der Waals surface area contributed by atoms with Crippen molar-refractivity contribution in [3.05, 3.63) is 58.6 Å². The van der Waals surface area contributed by atoms with Gasteiger partial charge in [-0.2, -0.15) is 0 Å². The van der Waals surface area contributed by atoms with E-state index >= 15 is 0 Å². The summed E-state index contributed by atoms with van der Waals surface area (Å²) in [6.07, 6.45) is 0. The van der Waals surface area contributed by atoms with Crippen molar-refractivity contribution in [1.82, 2.24) is 5.32 Å². The van der Waals surface area contributed by atoms with Crippen molar-refractivity contribution in [2.75, 3.05) is 24.6 Å². The second-order valence-electron chi connectivity index (χ2n) is 6.63. The van der Waals surface area contributed by atoms with E-state index in [4.69, 9.17) is 16.3 Å². The number of benzene rings is 2. The van der Waals surface area contributed by atoms with E-state index in [9.17, 15) is 13.2 Å². The molecule has 0 radical (unpaired) electrons. The normalized spacial score (nSPS) is 12.5. The Hall–Kier alpha value is -2.09. The van der Waals surface area contributed by atoms with E-state index < -0.39 is 15.9 Å². The van der Waals surface area contributed by atoms with Crippen LogP contribution in [0.5, 0.6) is 0 Å². The van der Waals surface area contributed by atoms with Crippen molar-refractivity contribution in [3.63, 3.8) is 0 Å². The number of carbonyl (C=O) groups is 1. The summed E-state index contributed by atoms with van der Waals surface area (Å²) in [6, 6.07) is 11.2. The first kappa shape index (κ1) is 22.2. The summed E-state index contributed by atoms with van der Waals surface area (Å²) >= 11 is 6.20. The zero-order chi connectivity index (χ0) is 20.9. The number of halogens is 1. The molecule has 0 saturated heterocycles. The van der Waals surface area contributed by atoms with Gasteiger partial charge in [0.2, 0.25) is 5.91 Å². The van der Waals surface area contributed by atoms with Gasteiger partial charge in [-0.25, -0.2) is 8.42 Å². The topological polar surface area (TPSA) is 75.7 Å². The SMILES string of the molecule is COC[C@H](C)NC(=O)CN(c1cccc(Cl)c1C)S(=O)(=O)c1ccc(C)cc1. The number of rotatable bonds is 8. The molecule has 2 aromatic carbocycles. The van der Waals surface area contributed by atoms with Crippen LogP contribution >= 0.6 is 11.6 Å². The third kappa shape index (κ3) is 5.25. The molecule has 2 aromatic rings. The molecule has 1 atom stereocenters. The highest BCUT2D eigenvalue weighted by Crippen LogP contribution is 2.30. The average Bonchev–Trinajstić information content (AvgIpc) is 2.63. The maximum Gasteiger partial charge on any atom is 0.264 e. The third-order valence-corrected chi connectivity index (χ3v) is 6.41. The summed E-state index contributed by atoms with van der Waals surface area (Å²) in [7, 11) is -2.44. The molecule has 28 heavy (non-hydrogen) atoms. The predicted octanol–water partition coefficient (Wildman–Crippen LogP) is 3.30. The van der Waals surface area contributed by atoms with Crippen LogP contribution in [-0.4, -0.2) is 40.6 Å². The van der Waals surface area contributed by atoms with Gasteiger partial charge in [0.15, 0.2) is 0 Å². The summed E-state index contributed by atoms with van der Waals surface area (Å²) in [5.41, 5.74) is 1.88. The lowest BCUT2D eigenvalue weighted by Gasteiger charge is -2.26. The molecule has 0 aliphatic rings. The Kier molecular flexibility index (Phi) is 7.46. The van der Waals surface area contributed by atoms with Crippen molar-refractivity contribution in [2.45, 2.75) is 31.7 Å². The van der Waals surface area contributed by atoms with Crippen LogP contribution in [-0.2, 0) is 19.6 Å². The fraction of sp³-hybridized carbons (Fsp3) is 0.350. The molecule has 0 aliphatic heterocycles. The molecular formula is C20H25ClN2O4S. The van der Waals surface area contributed by atoms with Crippen molar-refractivity contribution in [2.24, 2.45) is 0 Å². The van der Waals surface area contributed by atoms with E-state index in [0.29, 0.717) is 22.9 Å². The number of nitrogens with one attached hydrogen (secondary N) is 1. The zero-order valence-electron chi connectivity index (χ0n) is 16.4. The summed E-state index contributed by atoms with van der Waals surface area (Å²) in [5, 5.41) is 3.17. The molecule has 0 heterocycles. The fourth-order valence-electron chi connectivity index (χ4n) is 2.75. The number of sulfonamides is 1. The van der Waals surface area contributed by atoms with E-state index in [1.807, 2.05) is 6.92 Å². The molecule has 0 aliphatic carbocycles. The van der Waals surface area contributed by atoms with Gasteiger partial charge in [-0.1, -0.05) is 35.4 Å². The number of methoxy groups -OCH3 is 1. The number of hydrogen-bond donors (Lipinski definition) is 1. The predicted molar refractivity (Wildman–Crippen MR) is 111 cm³/mol. The molecule has 2 rings (SSSR count). The van der Waals surface area contributed by atoms with E-state index in [0.717, 1.165) is 9.87 Å². The first-order valence-electron chi connectivity index (χ1n) is 8.79. The van der Waals surface area contributed by atoms with Crippen molar-refractivity contribution in [3.8, 4) is 0 Å². The quantitative estimate of drug-likeness (QED) is 0.705. The lowest BCUT2D eigenvalue weighted by molar-refractivity contribution is -0.120. The molecule has 0 unspecified atom stereocenters. The van der Waals surface area contributed by atoms with Crippen LogP contribution in [0.15, 0.2) is 47.4 Å². The number of ether oxygens (including phenoxy) is 1.